The van der Waals surface area contributed by atoms with Crippen LogP contribution in [0.3, 0.4) is 0 Å². The summed E-state index contributed by atoms with van der Waals surface area (Å²) in [7, 11) is 0. The fourth-order valence-corrected chi connectivity index (χ4v) is 3.51. The minimum absolute atomic E-state index is 0.540. The average Bonchev–Trinajstić information content (AvgIpc) is 2.69. The van der Waals surface area contributed by atoms with Gasteiger partial charge in [0.1, 0.15) is 10.1 Å². The van der Waals surface area contributed by atoms with E-state index in [9.17, 15) is 0 Å². The maximum atomic E-state index is 5.36. The third kappa shape index (κ3) is 6.78. The van der Waals surface area contributed by atoms with Crippen LogP contribution in [0.25, 0.3) is 0 Å². The van der Waals surface area contributed by atoms with Crippen molar-refractivity contribution in [3.8, 4) is 0 Å². The SMILES string of the molecule is CCOCCCNc1nc(Sc2ccccn2)nc(Sc2ccccn2)n1. The van der Waals surface area contributed by atoms with E-state index in [1.807, 2.05) is 43.3 Å². The Morgan fingerprint density at radius 2 is 1.52 bits per heavy atom. The number of anilines is 1. The molecule has 27 heavy (non-hydrogen) atoms. The molecule has 0 saturated carbocycles. The molecule has 7 nitrogen and oxygen atoms in total. The molecule has 140 valence electrons. The molecule has 0 aliphatic carbocycles. The van der Waals surface area contributed by atoms with Crippen molar-refractivity contribution in [2.24, 2.45) is 0 Å². The minimum atomic E-state index is 0.540. The van der Waals surface area contributed by atoms with Gasteiger partial charge >= 0.3 is 0 Å². The Hall–Kier alpha value is -2.23. The number of hydrogen-bond donors (Lipinski definition) is 1. The second kappa shape index (κ2) is 10.8. The predicted molar refractivity (Wildman–Crippen MR) is 106 cm³/mol. The van der Waals surface area contributed by atoms with Gasteiger partial charge in [0.25, 0.3) is 0 Å². The van der Waals surface area contributed by atoms with E-state index >= 15 is 0 Å². The number of pyridine rings is 2. The maximum Gasteiger partial charge on any atom is 0.227 e. The molecule has 0 aromatic carbocycles. The molecule has 3 rings (SSSR count). The van der Waals surface area contributed by atoms with Crippen LogP contribution >= 0.6 is 23.5 Å². The van der Waals surface area contributed by atoms with Crippen molar-refractivity contribution in [2.45, 2.75) is 33.7 Å². The molecular weight excluding hydrogens is 380 g/mol. The van der Waals surface area contributed by atoms with Crippen LogP contribution in [0.2, 0.25) is 0 Å². The summed E-state index contributed by atoms with van der Waals surface area (Å²) in [5, 5.41) is 6.10. The molecule has 0 bridgehead atoms. The Morgan fingerprint density at radius 1 is 0.889 bits per heavy atom. The molecule has 0 aliphatic heterocycles. The summed E-state index contributed by atoms with van der Waals surface area (Å²) < 4.78 is 5.36. The van der Waals surface area contributed by atoms with Crippen molar-refractivity contribution >= 4 is 29.5 Å². The molecule has 0 unspecified atom stereocenters. The summed E-state index contributed by atoms with van der Waals surface area (Å²) in [6, 6.07) is 11.5. The van der Waals surface area contributed by atoms with E-state index < -0.39 is 0 Å². The number of ether oxygens (including phenoxy) is 1. The fraction of sp³-hybridized carbons (Fsp3) is 0.278. The third-order valence-corrected chi connectivity index (χ3v) is 4.85. The van der Waals surface area contributed by atoms with E-state index in [0.29, 0.717) is 22.9 Å². The smallest absolute Gasteiger partial charge is 0.227 e. The highest BCUT2D eigenvalue weighted by Gasteiger charge is 2.10. The lowest BCUT2D eigenvalue weighted by molar-refractivity contribution is 0.147. The molecule has 0 atom stereocenters. The molecular formula is C18H20N6OS2. The lowest BCUT2D eigenvalue weighted by Gasteiger charge is -2.08. The maximum absolute atomic E-state index is 5.36. The summed E-state index contributed by atoms with van der Waals surface area (Å²) in [4.78, 5) is 22.2. The molecule has 1 N–H and O–H groups in total. The van der Waals surface area contributed by atoms with Gasteiger partial charge in [0.15, 0.2) is 10.3 Å². The van der Waals surface area contributed by atoms with Crippen LogP contribution in [0.15, 0.2) is 69.2 Å². The topological polar surface area (TPSA) is 85.7 Å². The van der Waals surface area contributed by atoms with Gasteiger partial charge < -0.3 is 10.1 Å². The summed E-state index contributed by atoms with van der Waals surface area (Å²) in [5.41, 5.74) is 0. The van der Waals surface area contributed by atoms with Crippen molar-refractivity contribution < 1.29 is 4.74 Å². The molecule has 0 saturated heterocycles. The molecule has 0 aliphatic rings. The highest BCUT2D eigenvalue weighted by atomic mass is 32.2. The standard InChI is InChI=1S/C18H20N6OS2/c1-2-25-13-7-12-21-16-22-17(26-14-8-3-5-10-19-14)24-18(23-16)27-15-9-4-6-11-20-15/h3-6,8-11H,2,7,12-13H2,1H3,(H,21,22,23,24). The second-order valence-electron chi connectivity index (χ2n) is 5.24. The van der Waals surface area contributed by atoms with Gasteiger partial charge in [-0.1, -0.05) is 12.1 Å². The lowest BCUT2D eigenvalue weighted by atomic mass is 10.4. The van der Waals surface area contributed by atoms with Crippen molar-refractivity contribution in [3.63, 3.8) is 0 Å². The number of nitrogens with zero attached hydrogens (tertiary/aromatic N) is 5. The van der Waals surface area contributed by atoms with Gasteiger partial charge in [0.2, 0.25) is 5.95 Å². The fourth-order valence-electron chi connectivity index (χ4n) is 2.03. The Labute approximate surface area is 166 Å². The number of hydrogen-bond acceptors (Lipinski definition) is 9. The summed E-state index contributed by atoms with van der Waals surface area (Å²) in [6.45, 7) is 4.15. The lowest BCUT2D eigenvalue weighted by Crippen LogP contribution is -2.10. The first-order valence-electron chi connectivity index (χ1n) is 8.59. The average molecular weight is 401 g/mol. The molecule has 3 heterocycles. The van der Waals surface area contributed by atoms with E-state index in [0.717, 1.165) is 29.6 Å². The number of aromatic nitrogens is 5. The number of nitrogens with one attached hydrogen (secondary N) is 1. The molecule has 3 aromatic rings. The van der Waals surface area contributed by atoms with Crippen LogP contribution < -0.4 is 5.32 Å². The van der Waals surface area contributed by atoms with Gasteiger partial charge in [-0.05, 0) is 61.1 Å². The van der Waals surface area contributed by atoms with Crippen LogP contribution in [0.5, 0.6) is 0 Å². The van der Waals surface area contributed by atoms with Crippen molar-refractivity contribution in [3.05, 3.63) is 48.8 Å². The van der Waals surface area contributed by atoms with E-state index in [1.165, 1.54) is 23.5 Å². The van der Waals surface area contributed by atoms with Crippen LogP contribution in [0.1, 0.15) is 13.3 Å². The van der Waals surface area contributed by atoms with Gasteiger partial charge in [-0.3, -0.25) is 0 Å². The molecule has 0 radical (unpaired) electrons. The monoisotopic (exact) mass is 400 g/mol. The van der Waals surface area contributed by atoms with Gasteiger partial charge in [-0.2, -0.15) is 15.0 Å². The molecule has 0 fully saturated rings. The Morgan fingerprint density at radius 3 is 2.04 bits per heavy atom. The van der Waals surface area contributed by atoms with Crippen molar-refractivity contribution in [1.29, 1.82) is 0 Å². The first kappa shape index (κ1) is 19.5. The van der Waals surface area contributed by atoms with Crippen molar-refractivity contribution in [1.82, 2.24) is 24.9 Å². The van der Waals surface area contributed by atoms with Crippen LogP contribution in [0.4, 0.5) is 5.95 Å². The van der Waals surface area contributed by atoms with E-state index in [4.69, 9.17) is 4.74 Å². The second-order valence-corrected chi connectivity index (χ2v) is 7.22. The van der Waals surface area contributed by atoms with E-state index in [-0.39, 0.29) is 0 Å². The Kier molecular flexibility index (Phi) is 7.82. The summed E-state index contributed by atoms with van der Waals surface area (Å²) in [6.07, 6.45) is 4.38. The Balaban J connectivity index is 1.74. The zero-order chi connectivity index (χ0) is 18.7. The molecule has 0 amide bonds. The Bertz CT molecular complexity index is 763. The van der Waals surface area contributed by atoms with Gasteiger partial charge in [-0.25, -0.2) is 9.97 Å². The highest BCUT2D eigenvalue weighted by molar-refractivity contribution is 7.99. The van der Waals surface area contributed by atoms with Crippen molar-refractivity contribution in [2.75, 3.05) is 25.1 Å². The zero-order valence-corrected chi connectivity index (χ0v) is 16.5. The zero-order valence-electron chi connectivity index (χ0n) is 14.9. The van der Waals surface area contributed by atoms with Crippen LogP contribution in [-0.2, 0) is 4.74 Å². The van der Waals surface area contributed by atoms with E-state index in [1.54, 1.807) is 12.4 Å². The normalized spacial score (nSPS) is 10.7. The third-order valence-electron chi connectivity index (χ3n) is 3.21. The number of rotatable bonds is 10. The van der Waals surface area contributed by atoms with Crippen LogP contribution in [-0.4, -0.2) is 44.7 Å². The first-order chi connectivity index (χ1) is 13.3. The quantitative estimate of drug-likeness (QED) is 0.511. The molecule has 9 heteroatoms. The van der Waals surface area contributed by atoms with Crippen LogP contribution in [0, 0.1) is 0 Å². The minimum Gasteiger partial charge on any atom is -0.382 e. The van der Waals surface area contributed by atoms with Gasteiger partial charge in [-0.15, -0.1) is 0 Å². The molecule has 3 aromatic heterocycles. The summed E-state index contributed by atoms with van der Waals surface area (Å²) >= 11 is 2.80. The van der Waals surface area contributed by atoms with Gasteiger partial charge in [0, 0.05) is 32.2 Å². The first-order valence-corrected chi connectivity index (χ1v) is 10.2. The molecule has 0 spiro atoms. The summed E-state index contributed by atoms with van der Waals surface area (Å²) in [5.74, 6) is 0.540. The van der Waals surface area contributed by atoms with E-state index in [2.05, 4.69) is 30.2 Å². The highest BCUT2D eigenvalue weighted by Crippen LogP contribution is 2.28. The predicted octanol–water partition coefficient (Wildman–Crippen LogP) is 3.80. The largest absolute Gasteiger partial charge is 0.382 e. The van der Waals surface area contributed by atoms with Gasteiger partial charge in [0.05, 0.1) is 0 Å².